The predicted octanol–water partition coefficient (Wildman–Crippen LogP) is 5.61. The average Bonchev–Trinajstić information content (AvgIpc) is 2.78. The molecule has 1 fully saturated rings. The zero-order valence-electron chi connectivity index (χ0n) is 19.1. The van der Waals surface area contributed by atoms with Crippen LogP contribution in [0, 0.1) is 5.92 Å². The summed E-state index contributed by atoms with van der Waals surface area (Å²) in [6, 6.07) is 15.2. The normalized spacial score (nSPS) is 15.4. The molecule has 0 saturated carbocycles. The molecule has 2 aromatic carbocycles. The molecule has 2 aromatic rings. The highest BCUT2D eigenvalue weighted by Crippen LogP contribution is 2.21. The molecule has 0 amide bonds. The van der Waals surface area contributed by atoms with Crippen LogP contribution in [0.25, 0.3) is 0 Å². The highest BCUT2D eigenvalue weighted by molar-refractivity contribution is 9.08. The minimum Gasteiger partial charge on any atom is -0.462 e. The molecule has 172 valence electrons. The molecule has 0 N–H and O–H groups in total. The standard InChI is InChI=1S/C26H32BrNO4/c1-26(2,3)32-25(30)23-10-6-20(7-11-23)17-28-14-12-21(13-15-28)18-31-24(29)22-8-4-19(16-27)5-9-22/h4-11,21H,12-18H2,1-3H3. The van der Waals surface area contributed by atoms with Crippen LogP contribution in [0.5, 0.6) is 0 Å². The van der Waals surface area contributed by atoms with Crippen molar-refractivity contribution in [3.63, 3.8) is 0 Å². The maximum absolute atomic E-state index is 12.3. The van der Waals surface area contributed by atoms with Gasteiger partial charge in [0.2, 0.25) is 0 Å². The molecule has 1 aliphatic heterocycles. The van der Waals surface area contributed by atoms with Gasteiger partial charge in [-0.25, -0.2) is 9.59 Å². The minimum absolute atomic E-state index is 0.251. The van der Waals surface area contributed by atoms with Gasteiger partial charge < -0.3 is 9.47 Å². The molecular weight excluding hydrogens is 470 g/mol. The molecule has 3 rings (SSSR count). The number of benzene rings is 2. The van der Waals surface area contributed by atoms with Gasteiger partial charge in [-0.3, -0.25) is 4.90 Å². The Bertz CT molecular complexity index is 895. The number of carbonyl (C=O) groups excluding carboxylic acids is 2. The summed E-state index contributed by atoms with van der Waals surface area (Å²) in [6.07, 6.45) is 2.01. The van der Waals surface area contributed by atoms with Gasteiger partial charge in [0.25, 0.3) is 0 Å². The maximum Gasteiger partial charge on any atom is 0.338 e. The van der Waals surface area contributed by atoms with Crippen LogP contribution in [0.1, 0.15) is 65.5 Å². The van der Waals surface area contributed by atoms with Gasteiger partial charge in [0.05, 0.1) is 17.7 Å². The van der Waals surface area contributed by atoms with Crippen LogP contribution in [0.3, 0.4) is 0 Å². The molecule has 0 aliphatic carbocycles. The van der Waals surface area contributed by atoms with Crippen molar-refractivity contribution >= 4 is 27.9 Å². The first-order valence-electron chi connectivity index (χ1n) is 11.1. The van der Waals surface area contributed by atoms with Crippen molar-refractivity contribution < 1.29 is 19.1 Å². The summed E-state index contributed by atoms with van der Waals surface area (Å²) in [5.41, 5.74) is 2.99. The average molecular weight is 502 g/mol. The number of hydrogen-bond acceptors (Lipinski definition) is 5. The van der Waals surface area contributed by atoms with Gasteiger partial charge in [-0.15, -0.1) is 0 Å². The topological polar surface area (TPSA) is 55.8 Å². The molecule has 1 aliphatic rings. The van der Waals surface area contributed by atoms with E-state index in [1.54, 1.807) is 0 Å². The monoisotopic (exact) mass is 501 g/mol. The third-order valence-corrected chi connectivity index (χ3v) is 6.14. The number of halogens is 1. The summed E-state index contributed by atoms with van der Waals surface area (Å²) in [5.74, 6) is -0.149. The number of ether oxygens (including phenoxy) is 2. The molecular formula is C26H32BrNO4. The zero-order valence-corrected chi connectivity index (χ0v) is 20.7. The van der Waals surface area contributed by atoms with E-state index in [0.29, 0.717) is 23.7 Å². The fraction of sp³-hybridized carbons (Fsp3) is 0.462. The van der Waals surface area contributed by atoms with Crippen LogP contribution in [0.15, 0.2) is 48.5 Å². The van der Waals surface area contributed by atoms with Crippen molar-refractivity contribution in [2.75, 3.05) is 19.7 Å². The number of nitrogens with zero attached hydrogens (tertiary/aromatic N) is 1. The van der Waals surface area contributed by atoms with Crippen molar-refractivity contribution in [3.05, 3.63) is 70.8 Å². The Morgan fingerprint density at radius 3 is 1.97 bits per heavy atom. The van der Waals surface area contributed by atoms with E-state index in [1.807, 2.05) is 69.3 Å². The lowest BCUT2D eigenvalue weighted by atomic mass is 9.97. The van der Waals surface area contributed by atoms with Crippen molar-refractivity contribution in [3.8, 4) is 0 Å². The molecule has 0 spiro atoms. The van der Waals surface area contributed by atoms with E-state index in [4.69, 9.17) is 9.47 Å². The number of alkyl halides is 1. The Hall–Kier alpha value is -2.18. The SMILES string of the molecule is CC(C)(C)OC(=O)c1ccc(CN2CCC(COC(=O)c3ccc(CBr)cc3)CC2)cc1. The predicted molar refractivity (Wildman–Crippen MR) is 129 cm³/mol. The smallest absolute Gasteiger partial charge is 0.338 e. The van der Waals surface area contributed by atoms with Crippen LogP contribution in [0.4, 0.5) is 0 Å². The van der Waals surface area contributed by atoms with Crippen LogP contribution < -0.4 is 0 Å². The van der Waals surface area contributed by atoms with Crippen LogP contribution in [-0.4, -0.2) is 42.1 Å². The largest absolute Gasteiger partial charge is 0.462 e. The number of rotatable bonds is 7. The third kappa shape index (κ3) is 7.45. The van der Waals surface area contributed by atoms with Crippen LogP contribution in [0.2, 0.25) is 0 Å². The van der Waals surface area contributed by atoms with Crippen molar-refractivity contribution in [2.45, 2.75) is 51.1 Å². The van der Waals surface area contributed by atoms with Gasteiger partial charge in [0.1, 0.15) is 5.60 Å². The molecule has 1 saturated heterocycles. The quantitative estimate of drug-likeness (QED) is 0.364. The molecule has 6 heteroatoms. The molecule has 0 atom stereocenters. The Morgan fingerprint density at radius 1 is 0.906 bits per heavy atom. The van der Waals surface area contributed by atoms with Crippen molar-refractivity contribution in [2.24, 2.45) is 5.92 Å². The van der Waals surface area contributed by atoms with E-state index in [9.17, 15) is 9.59 Å². The van der Waals surface area contributed by atoms with Gasteiger partial charge in [0.15, 0.2) is 0 Å². The number of piperidine rings is 1. The summed E-state index contributed by atoms with van der Waals surface area (Å²) in [4.78, 5) is 26.8. The Kier molecular flexibility index (Phi) is 8.49. The molecule has 5 nitrogen and oxygen atoms in total. The van der Waals surface area contributed by atoms with Gasteiger partial charge in [0, 0.05) is 11.9 Å². The molecule has 0 bridgehead atoms. The van der Waals surface area contributed by atoms with Gasteiger partial charge in [-0.1, -0.05) is 40.2 Å². The Morgan fingerprint density at radius 2 is 1.44 bits per heavy atom. The van der Waals surface area contributed by atoms with Gasteiger partial charge in [-0.05, 0) is 88.0 Å². The zero-order chi connectivity index (χ0) is 23.1. The molecule has 1 heterocycles. The third-order valence-electron chi connectivity index (χ3n) is 5.50. The highest BCUT2D eigenvalue weighted by atomic mass is 79.9. The number of carbonyl (C=O) groups is 2. The lowest BCUT2D eigenvalue weighted by molar-refractivity contribution is 0.00692. The first-order chi connectivity index (χ1) is 15.2. The second-order valence-electron chi connectivity index (χ2n) is 9.35. The van der Waals surface area contributed by atoms with Gasteiger partial charge >= 0.3 is 11.9 Å². The van der Waals surface area contributed by atoms with Crippen molar-refractivity contribution in [1.29, 1.82) is 0 Å². The summed E-state index contributed by atoms with van der Waals surface area (Å²) >= 11 is 3.41. The second-order valence-corrected chi connectivity index (χ2v) is 9.91. The summed E-state index contributed by atoms with van der Waals surface area (Å²) in [7, 11) is 0. The number of esters is 2. The number of likely N-dealkylation sites (tertiary alicyclic amines) is 1. The minimum atomic E-state index is -0.494. The molecule has 32 heavy (non-hydrogen) atoms. The fourth-order valence-electron chi connectivity index (χ4n) is 3.66. The maximum atomic E-state index is 12.3. The lowest BCUT2D eigenvalue weighted by Crippen LogP contribution is -2.35. The van der Waals surface area contributed by atoms with Gasteiger partial charge in [-0.2, -0.15) is 0 Å². The van der Waals surface area contributed by atoms with Crippen LogP contribution in [-0.2, 0) is 21.3 Å². The lowest BCUT2D eigenvalue weighted by Gasteiger charge is -2.31. The summed E-state index contributed by atoms with van der Waals surface area (Å²) in [5, 5.41) is 0.773. The second kappa shape index (κ2) is 11.1. The van der Waals surface area contributed by atoms with E-state index >= 15 is 0 Å². The van der Waals surface area contributed by atoms with E-state index in [0.717, 1.165) is 43.4 Å². The molecule has 0 radical (unpaired) electrons. The first-order valence-corrected chi connectivity index (χ1v) is 12.2. The first kappa shape index (κ1) is 24.5. The van der Waals surface area contributed by atoms with E-state index in [-0.39, 0.29) is 11.9 Å². The fourth-order valence-corrected chi connectivity index (χ4v) is 4.03. The Labute approximate surface area is 199 Å². The molecule has 0 aromatic heterocycles. The van der Waals surface area contributed by atoms with E-state index in [1.165, 1.54) is 5.56 Å². The summed E-state index contributed by atoms with van der Waals surface area (Å²) < 4.78 is 11.0. The van der Waals surface area contributed by atoms with Crippen LogP contribution >= 0.6 is 15.9 Å². The van der Waals surface area contributed by atoms with E-state index < -0.39 is 5.60 Å². The highest BCUT2D eigenvalue weighted by Gasteiger charge is 2.22. The number of hydrogen-bond donors (Lipinski definition) is 0. The summed E-state index contributed by atoms with van der Waals surface area (Å²) in [6.45, 7) is 8.86. The molecule has 0 unspecified atom stereocenters. The van der Waals surface area contributed by atoms with Crippen molar-refractivity contribution in [1.82, 2.24) is 4.90 Å². The van der Waals surface area contributed by atoms with E-state index in [2.05, 4.69) is 20.8 Å². The Balaban J connectivity index is 1.40.